The van der Waals surface area contributed by atoms with Crippen LogP contribution in [0.2, 0.25) is 0 Å². The average molecular weight is 441 g/mol. The summed E-state index contributed by atoms with van der Waals surface area (Å²) in [7, 11) is 0. The smallest absolute Gasteiger partial charge is 0.252 e. The number of rotatable bonds is 4. The number of amides is 1. The van der Waals surface area contributed by atoms with Crippen molar-refractivity contribution in [2.45, 2.75) is 52.0 Å². The van der Waals surface area contributed by atoms with E-state index in [0.717, 1.165) is 26.5 Å². The standard InChI is InChI=1S/C23H25BrN2O2/c1-14-9-15(2)20(22(27)10-14)13-25-23(28)19-11-16(24)12-21-18(19)7-8-26(21)17-5-3-4-6-17/h7-9,11-12,17H,3-6,10,13H2,1-2H3,(H,25,28). The summed E-state index contributed by atoms with van der Waals surface area (Å²) in [5.74, 6) is -0.0422. The second-order valence-electron chi connectivity index (χ2n) is 7.98. The molecule has 0 spiro atoms. The minimum atomic E-state index is -0.144. The summed E-state index contributed by atoms with van der Waals surface area (Å²) in [6.45, 7) is 4.16. The van der Waals surface area contributed by atoms with Gasteiger partial charge >= 0.3 is 0 Å². The molecule has 0 atom stereocenters. The maximum Gasteiger partial charge on any atom is 0.252 e. The molecule has 1 N–H and O–H groups in total. The summed E-state index contributed by atoms with van der Waals surface area (Å²) in [4.78, 5) is 25.3. The van der Waals surface area contributed by atoms with E-state index < -0.39 is 0 Å². The van der Waals surface area contributed by atoms with Crippen molar-refractivity contribution in [2.75, 3.05) is 6.54 Å². The summed E-state index contributed by atoms with van der Waals surface area (Å²) in [5, 5.41) is 3.93. The van der Waals surface area contributed by atoms with E-state index >= 15 is 0 Å². The van der Waals surface area contributed by atoms with Crippen LogP contribution in [-0.2, 0) is 4.79 Å². The van der Waals surface area contributed by atoms with Gasteiger partial charge in [-0.1, -0.05) is 40.4 Å². The van der Waals surface area contributed by atoms with Gasteiger partial charge in [-0.2, -0.15) is 0 Å². The molecule has 1 amide bonds. The predicted molar refractivity (Wildman–Crippen MR) is 116 cm³/mol. The number of allylic oxidation sites excluding steroid dienone is 3. The topological polar surface area (TPSA) is 51.1 Å². The number of hydrogen-bond acceptors (Lipinski definition) is 2. The van der Waals surface area contributed by atoms with Crippen molar-refractivity contribution < 1.29 is 9.59 Å². The summed E-state index contributed by atoms with van der Waals surface area (Å²) in [6.07, 6.45) is 9.50. The number of fused-ring (bicyclic) bond motifs is 1. The lowest BCUT2D eigenvalue weighted by Gasteiger charge is -2.17. The van der Waals surface area contributed by atoms with Gasteiger partial charge in [-0.25, -0.2) is 0 Å². The first-order valence-corrected chi connectivity index (χ1v) is 10.7. The fraction of sp³-hybridized carbons (Fsp3) is 0.391. The molecule has 0 aliphatic heterocycles. The van der Waals surface area contributed by atoms with Gasteiger partial charge in [-0.15, -0.1) is 0 Å². The number of halogens is 1. The van der Waals surface area contributed by atoms with E-state index in [0.29, 0.717) is 23.6 Å². The number of hydrogen-bond donors (Lipinski definition) is 1. The first kappa shape index (κ1) is 19.2. The molecule has 28 heavy (non-hydrogen) atoms. The van der Waals surface area contributed by atoms with Gasteiger partial charge in [0.05, 0.1) is 5.52 Å². The predicted octanol–water partition coefficient (Wildman–Crippen LogP) is 5.48. The van der Waals surface area contributed by atoms with Crippen molar-refractivity contribution in [1.82, 2.24) is 9.88 Å². The fourth-order valence-corrected chi connectivity index (χ4v) is 4.95. The molecule has 1 heterocycles. The first-order chi connectivity index (χ1) is 13.4. The largest absolute Gasteiger partial charge is 0.348 e. The molecule has 0 saturated heterocycles. The summed E-state index contributed by atoms with van der Waals surface area (Å²) in [5.41, 5.74) is 4.46. The summed E-state index contributed by atoms with van der Waals surface area (Å²) in [6, 6.07) is 6.52. The van der Waals surface area contributed by atoms with Crippen LogP contribution in [0.3, 0.4) is 0 Å². The average Bonchev–Trinajstić information content (AvgIpc) is 3.28. The van der Waals surface area contributed by atoms with Crippen LogP contribution < -0.4 is 5.32 Å². The Hall–Kier alpha value is -2.14. The highest BCUT2D eigenvalue weighted by molar-refractivity contribution is 9.10. The Kier molecular flexibility index (Phi) is 5.28. The third-order valence-corrected chi connectivity index (χ3v) is 6.36. The number of ketones is 1. The molecule has 2 aromatic rings. The van der Waals surface area contributed by atoms with Crippen molar-refractivity contribution in [3.63, 3.8) is 0 Å². The molecule has 2 aliphatic rings. The number of Topliss-reactive ketones (excluding diaryl/α,β-unsaturated/α-hetero) is 1. The third-order valence-electron chi connectivity index (χ3n) is 5.91. The van der Waals surface area contributed by atoms with Gasteiger partial charge in [0, 0.05) is 46.2 Å². The van der Waals surface area contributed by atoms with E-state index in [-0.39, 0.29) is 18.2 Å². The molecule has 4 rings (SSSR count). The molecule has 146 valence electrons. The zero-order valence-corrected chi connectivity index (χ0v) is 17.9. The molecule has 0 radical (unpaired) electrons. The van der Waals surface area contributed by atoms with Crippen LogP contribution in [0.25, 0.3) is 10.9 Å². The van der Waals surface area contributed by atoms with E-state index in [1.165, 1.54) is 25.7 Å². The van der Waals surface area contributed by atoms with Crippen LogP contribution in [-0.4, -0.2) is 22.8 Å². The van der Waals surface area contributed by atoms with E-state index in [1.807, 2.05) is 32.1 Å². The van der Waals surface area contributed by atoms with Crippen LogP contribution in [0.5, 0.6) is 0 Å². The lowest BCUT2D eigenvalue weighted by molar-refractivity contribution is -0.115. The fourth-order valence-electron chi connectivity index (χ4n) is 4.51. The zero-order chi connectivity index (χ0) is 19.8. The van der Waals surface area contributed by atoms with Crippen molar-refractivity contribution in [3.8, 4) is 0 Å². The second-order valence-corrected chi connectivity index (χ2v) is 8.90. The second kappa shape index (κ2) is 7.70. The molecular weight excluding hydrogens is 416 g/mol. The Morgan fingerprint density at radius 1 is 1.25 bits per heavy atom. The molecular formula is C23H25BrN2O2. The summed E-state index contributed by atoms with van der Waals surface area (Å²) >= 11 is 3.57. The molecule has 5 heteroatoms. The lowest BCUT2D eigenvalue weighted by atomic mass is 9.92. The Morgan fingerprint density at radius 2 is 2.00 bits per heavy atom. The first-order valence-electron chi connectivity index (χ1n) is 9.92. The van der Waals surface area contributed by atoms with Gasteiger partial charge in [0.1, 0.15) is 0 Å². The highest BCUT2D eigenvalue weighted by Gasteiger charge is 2.22. The highest BCUT2D eigenvalue weighted by Crippen LogP contribution is 2.35. The van der Waals surface area contributed by atoms with Crippen LogP contribution in [0.1, 0.15) is 62.4 Å². The minimum Gasteiger partial charge on any atom is -0.348 e. The van der Waals surface area contributed by atoms with Crippen LogP contribution in [0.4, 0.5) is 0 Å². The minimum absolute atomic E-state index is 0.101. The van der Waals surface area contributed by atoms with Gasteiger partial charge < -0.3 is 9.88 Å². The van der Waals surface area contributed by atoms with Crippen molar-refractivity contribution in [3.05, 3.63) is 57.2 Å². The SMILES string of the molecule is CC1=CC(C)=C(CNC(=O)c2cc(Br)cc3c2ccn3C2CCCC2)C(=O)C1. The Bertz CT molecular complexity index is 1020. The highest BCUT2D eigenvalue weighted by atomic mass is 79.9. The van der Waals surface area contributed by atoms with E-state index in [2.05, 4.69) is 38.1 Å². The van der Waals surface area contributed by atoms with Gasteiger partial charge in [-0.05, 0) is 50.5 Å². The van der Waals surface area contributed by atoms with Crippen molar-refractivity contribution >= 4 is 38.5 Å². The van der Waals surface area contributed by atoms with Gasteiger partial charge in [0.2, 0.25) is 0 Å². The van der Waals surface area contributed by atoms with E-state index in [9.17, 15) is 9.59 Å². The maximum atomic E-state index is 13.0. The van der Waals surface area contributed by atoms with Crippen LogP contribution >= 0.6 is 15.9 Å². The molecule has 1 saturated carbocycles. The molecule has 1 aromatic carbocycles. The number of aromatic nitrogens is 1. The van der Waals surface area contributed by atoms with Crippen LogP contribution in [0.15, 0.2) is 51.7 Å². The normalized spacial score (nSPS) is 18.1. The summed E-state index contributed by atoms with van der Waals surface area (Å²) < 4.78 is 3.21. The Morgan fingerprint density at radius 3 is 2.71 bits per heavy atom. The molecule has 4 nitrogen and oxygen atoms in total. The quantitative estimate of drug-likeness (QED) is 0.683. The molecule has 0 bridgehead atoms. The lowest BCUT2D eigenvalue weighted by Crippen LogP contribution is -2.29. The molecule has 0 unspecified atom stereocenters. The number of carbonyl (C=O) groups excluding carboxylic acids is 2. The van der Waals surface area contributed by atoms with Crippen LogP contribution in [0, 0.1) is 0 Å². The molecule has 1 aromatic heterocycles. The van der Waals surface area contributed by atoms with E-state index in [1.54, 1.807) is 0 Å². The third kappa shape index (κ3) is 3.60. The van der Waals surface area contributed by atoms with Crippen molar-refractivity contribution in [1.29, 1.82) is 0 Å². The monoisotopic (exact) mass is 440 g/mol. The number of nitrogens with one attached hydrogen (secondary N) is 1. The zero-order valence-electron chi connectivity index (χ0n) is 16.3. The van der Waals surface area contributed by atoms with Crippen molar-refractivity contribution in [2.24, 2.45) is 0 Å². The number of benzene rings is 1. The van der Waals surface area contributed by atoms with Gasteiger partial charge in [0.15, 0.2) is 5.78 Å². The number of nitrogens with zero attached hydrogens (tertiary/aromatic N) is 1. The number of carbonyl (C=O) groups is 2. The Labute approximate surface area is 173 Å². The molecule has 1 fully saturated rings. The van der Waals surface area contributed by atoms with E-state index in [4.69, 9.17) is 0 Å². The van der Waals surface area contributed by atoms with Gasteiger partial charge in [-0.3, -0.25) is 9.59 Å². The van der Waals surface area contributed by atoms with Gasteiger partial charge in [0.25, 0.3) is 5.91 Å². The molecule has 2 aliphatic carbocycles. The maximum absolute atomic E-state index is 13.0. The Balaban J connectivity index is 1.61.